The normalized spacial score (nSPS) is 9.72. The molecule has 0 bridgehead atoms. The van der Waals surface area contributed by atoms with Gasteiger partial charge in [0.25, 0.3) is 0 Å². The van der Waals surface area contributed by atoms with Gasteiger partial charge in [-0.05, 0) is 44.4 Å². The zero-order valence-corrected chi connectivity index (χ0v) is 12.0. The van der Waals surface area contributed by atoms with E-state index >= 15 is 0 Å². The van der Waals surface area contributed by atoms with Crippen molar-refractivity contribution >= 4 is 18.3 Å². The molecule has 3 N–H and O–H groups in total. The fourth-order valence-electron chi connectivity index (χ4n) is 1.79. The van der Waals surface area contributed by atoms with Gasteiger partial charge in [-0.1, -0.05) is 23.8 Å². The highest BCUT2D eigenvalue weighted by atomic mass is 35.5. The molecule has 0 saturated heterocycles. The van der Waals surface area contributed by atoms with Crippen LogP contribution in [0.3, 0.4) is 0 Å². The first-order chi connectivity index (χ1) is 8.13. The quantitative estimate of drug-likeness (QED) is 0.778. The molecule has 18 heavy (non-hydrogen) atoms. The predicted octanol–water partition coefficient (Wildman–Crippen LogP) is 2.12. The Bertz CT molecular complexity index is 380. The predicted molar refractivity (Wildman–Crippen MR) is 78.2 cm³/mol. The first-order valence-electron chi connectivity index (χ1n) is 6.16. The van der Waals surface area contributed by atoms with E-state index in [4.69, 9.17) is 5.73 Å². The molecular weight excluding hydrogens is 248 g/mol. The highest BCUT2D eigenvalue weighted by molar-refractivity contribution is 5.85. The summed E-state index contributed by atoms with van der Waals surface area (Å²) in [5.74, 6) is 0.110. The van der Waals surface area contributed by atoms with E-state index in [9.17, 15) is 4.79 Å². The molecule has 0 saturated carbocycles. The smallest absolute Gasteiger partial charge is 0.220 e. The van der Waals surface area contributed by atoms with Crippen LogP contribution in [0.2, 0.25) is 0 Å². The maximum atomic E-state index is 11.5. The topological polar surface area (TPSA) is 55.1 Å². The van der Waals surface area contributed by atoms with E-state index in [1.807, 2.05) is 0 Å². The summed E-state index contributed by atoms with van der Waals surface area (Å²) < 4.78 is 0. The first kappa shape index (κ1) is 16.9. The van der Waals surface area contributed by atoms with Crippen LogP contribution in [0.4, 0.5) is 0 Å². The van der Waals surface area contributed by atoms with Crippen LogP contribution in [0.5, 0.6) is 0 Å². The van der Waals surface area contributed by atoms with Gasteiger partial charge < -0.3 is 11.1 Å². The number of aryl methyl sites for hydroxylation is 3. The number of benzene rings is 1. The Morgan fingerprint density at radius 1 is 1.33 bits per heavy atom. The van der Waals surface area contributed by atoms with Crippen molar-refractivity contribution in [3.63, 3.8) is 0 Å². The molecule has 0 radical (unpaired) electrons. The zero-order chi connectivity index (χ0) is 12.7. The minimum Gasteiger partial charge on any atom is -0.356 e. The molecule has 1 amide bonds. The molecule has 1 aromatic rings. The van der Waals surface area contributed by atoms with Crippen molar-refractivity contribution in [2.24, 2.45) is 5.73 Å². The van der Waals surface area contributed by atoms with Crippen LogP contribution in [-0.2, 0) is 11.2 Å². The van der Waals surface area contributed by atoms with Gasteiger partial charge in [-0.15, -0.1) is 12.4 Å². The number of nitrogens with two attached hydrogens (primary N) is 1. The lowest BCUT2D eigenvalue weighted by atomic mass is 10.0. The molecule has 1 aromatic carbocycles. The van der Waals surface area contributed by atoms with Crippen molar-refractivity contribution in [3.8, 4) is 0 Å². The number of amides is 1. The maximum Gasteiger partial charge on any atom is 0.220 e. The Morgan fingerprint density at radius 3 is 2.67 bits per heavy atom. The molecule has 0 aromatic heterocycles. The standard InChI is InChI=1S/C14H22N2O.ClH/c1-11-4-5-13(12(2)10-11)6-7-14(17)16-9-3-8-15;/h4-5,10H,3,6-9,15H2,1-2H3,(H,16,17);1H. The highest BCUT2D eigenvalue weighted by Crippen LogP contribution is 2.12. The monoisotopic (exact) mass is 270 g/mol. The molecule has 0 unspecified atom stereocenters. The molecule has 4 heteroatoms. The number of halogens is 1. The molecule has 102 valence electrons. The van der Waals surface area contributed by atoms with Gasteiger partial charge in [0.1, 0.15) is 0 Å². The molecule has 1 rings (SSSR count). The molecule has 3 nitrogen and oxygen atoms in total. The third kappa shape index (κ3) is 6.03. The van der Waals surface area contributed by atoms with Crippen LogP contribution in [0.1, 0.15) is 29.5 Å². The van der Waals surface area contributed by atoms with Gasteiger partial charge >= 0.3 is 0 Å². The van der Waals surface area contributed by atoms with E-state index in [0.717, 1.165) is 12.8 Å². The highest BCUT2D eigenvalue weighted by Gasteiger charge is 2.03. The number of hydrogen-bond donors (Lipinski definition) is 2. The molecule has 0 heterocycles. The average molecular weight is 271 g/mol. The van der Waals surface area contributed by atoms with Gasteiger partial charge in [-0.3, -0.25) is 4.79 Å². The van der Waals surface area contributed by atoms with Crippen molar-refractivity contribution in [2.75, 3.05) is 13.1 Å². The van der Waals surface area contributed by atoms with E-state index in [0.29, 0.717) is 19.5 Å². The zero-order valence-electron chi connectivity index (χ0n) is 11.2. The lowest BCUT2D eigenvalue weighted by Crippen LogP contribution is -2.26. The van der Waals surface area contributed by atoms with Crippen LogP contribution >= 0.6 is 12.4 Å². The summed E-state index contributed by atoms with van der Waals surface area (Å²) in [6, 6.07) is 6.36. The first-order valence-corrected chi connectivity index (χ1v) is 6.16. The third-order valence-corrected chi connectivity index (χ3v) is 2.82. The molecular formula is C14H23ClN2O. The average Bonchev–Trinajstić information content (AvgIpc) is 2.28. The lowest BCUT2D eigenvalue weighted by Gasteiger charge is -2.07. The lowest BCUT2D eigenvalue weighted by molar-refractivity contribution is -0.121. The third-order valence-electron chi connectivity index (χ3n) is 2.82. The molecule has 0 aliphatic rings. The Hall–Kier alpha value is -1.06. The van der Waals surface area contributed by atoms with Crippen molar-refractivity contribution in [1.82, 2.24) is 5.32 Å². The SMILES string of the molecule is Cc1ccc(CCC(=O)NCCCN)c(C)c1.Cl. The Labute approximate surface area is 116 Å². The second-order valence-electron chi connectivity index (χ2n) is 4.42. The maximum absolute atomic E-state index is 11.5. The van der Waals surface area contributed by atoms with Gasteiger partial charge in [0.05, 0.1) is 0 Å². The van der Waals surface area contributed by atoms with Gasteiger partial charge in [0.2, 0.25) is 5.91 Å². The van der Waals surface area contributed by atoms with E-state index in [1.165, 1.54) is 16.7 Å². The van der Waals surface area contributed by atoms with Gasteiger partial charge in [-0.25, -0.2) is 0 Å². The van der Waals surface area contributed by atoms with E-state index < -0.39 is 0 Å². The fraction of sp³-hybridized carbons (Fsp3) is 0.500. The fourth-order valence-corrected chi connectivity index (χ4v) is 1.79. The Balaban J connectivity index is 0.00000289. The molecule has 0 spiro atoms. The number of hydrogen-bond acceptors (Lipinski definition) is 2. The van der Waals surface area contributed by atoms with Crippen LogP contribution in [-0.4, -0.2) is 19.0 Å². The van der Waals surface area contributed by atoms with Crippen molar-refractivity contribution < 1.29 is 4.79 Å². The largest absolute Gasteiger partial charge is 0.356 e. The van der Waals surface area contributed by atoms with Crippen LogP contribution in [0.15, 0.2) is 18.2 Å². The van der Waals surface area contributed by atoms with Crippen molar-refractivity contribution in [1.29, 1.82) is 0 Å². The number of carbonyl (C=O) groups is 1. The second kappa shape index (κ2) is 8.95. The number of carbonyl (C=O) groups excluding carboxylic acids is 1. The van der Waals surface area contributed by atoms with Crippen LogP contribution < -0.4 is 11.1 Å². The Morgan fingerprint density at radius 2 is 2.06 bits per heavy atom. The summed E-state index contributed by atoms with van der Waals surface area (Å²) in [4.78, 5) is 11.5. The van der Waals surface area contributed by atoms with Crippen LogP contribution in [0.25, 0.3) is 0 Å². The number of nitrogens with one attached hydrogen (secondary N) is 1. The minimum absolute atomic E-state index is 0. The second-order valence-corrected chi connectivity index (χ2v) is 4.42. The molecule has 0 fully saturated rings. The summed E-state index contributed by atoms with van der Waals surface area (Å²) in [6.07, 6.45) is 2.20. The molecule has 0 aliphatic heterocycles. The molecule has 0 atom stereocenters. The van der Waals surface area contributed by atoms with Crippen molar-refractivity contribution in [2.45, 2.75) is 33.1 Å². The molecule has 0 aliphatic carbocycles. The number of rotatable bonds is 6. The van der Waals surface area contributed by atoms with Gasteiger partial charge in [0, 0.05) is 13.0 Å². The summed E-state index contributed by atoms with van der Waals surface area (Å²) in [6.45, 7) is 5.48. The minimum atomic E-state index is 0. The summed E-state index contributed by atoms with van der Waals surface area (Å²) in [5, 5.41) is 2.87. The summed E-state index contributed by atoms with van der Waals surface area (Å²) in [5.41, 5.74) is 9.14. The summed E-state index contributed by atoms with van der Waals surface area (Å²) in [7, 11) is 0. The Kier molecular flexibility index (Phi) is 8.42. The van der Waals surface area contributed by atoms with Gasteiger partial charge in [-0.2, -0.15) is 0 Å². The van der Waals surface area contributed by atoms with Crippen molar-refractivity contribution in [3.05, 3.63) is 34.9 Å². The van der Waals surface area contributed by atoms with E-state index in [2.05, 4.69) is 37.4 Å². The van der Waals surface area contributed by atoms with E-state index in [-0.39, 0.29) is 18.3 Å². The summed E-state index contributed by atoms with van der Waals surface area (Å²) >= 11 is 0. The van der Waals surface area contributed by atoms with Gasteiger partial charge in [0.15, 0.2) is 0 Å². The van der Waals surface area contributed by atoms with E-state index in [1.54, 1.807) is 0 Å². The van der Waals surface area contributed by atoms with Crippen LogP contribution in [0, 0.1) is 13.8 Å².